The number of hydrogen-bond donors (Lipinski definition) is 2. The van der Waals surface area contributed by atoms with E-state index in [1.807, 2.05) is 0 Å². The summed E-state index contributed by atoms with van der Waals surface area (Å²) in [5.74, 6) is 0.202. The Morgan fingerprint density at radius 1 is 1.33 bits per heavy atom. The number of benzene rings is 1. The lowest BCUT2D eigenvalue weighted by Crippen LogP contribution is -2.33. The average molecular weight is 333 g/mol. The van der Waals surface area contributed by atoms with Crippen molar-refractivity contribution in [3.63, 3.8) is 0 Å². The fraction of sp³-hybridized carbons (Fsp3) is 0.500. The van der Waals surface area contributed by atoms with Gasteiger partial charge in [-0.25, -0.2) is 22.0 Å². The van der Waals surface area contributed by atoms with Crippen LogP contribution in [0, 0.1) is 6.92 Å². The van der Waals surface area contributed by atoms with Crippen molar-refractivity contribution in [3.05, 3.63) is 17.7 Å². The first kappa shape index (κ1) is 16.1. The highest BCUT2D eigenvalue weighted by Gasteiger charge is 2.32. The molecule has 0 radical (unpaired) electrons. The van der Waals surface area contributed by atoms with Crippen LogP contribution in [0.2, 0.25) is 0 Å². The molecule has 0 bridgehead atoms. The number of anilines is 2. The van der Waals surface area contributed by atoms with Crippen molar-refractivity contribution in [1.82, 2.24) is 0 Å². The van der Waals surface area contributed by atoms with E-state index < -0.39 is 19.9 Å². The summed E-state index contributed by atoms with van der Waals surface area (Å²) in [6.07, 6.45) is 0.512. The highest BCUT2D eigenvalue weighted by Crippen LogP contribution is 2.31. The van der Waals surface area contributed by atoms with Crippen LogP contribution in [0.1, 0.15) is 12.0 Å². The van der Waals surface area contributed by atoms with E-state index in [9.17, 15) is 16.8 Å². The van der Waals surface area contributed by atoms with Crippen molar-refractivity contribution in [1.29, 1.82) is 0 Å². The summed E-state index contributed by atoms with van der Waals surface area (Å²) in [6, 6.07) is 2.76. The predicted molar refractivity (Wildman–Crippen MR) is 82.4 cm³/mol. The van der Waals surface area contributed by atoms with Crippen LogP contribution < -0.4 is 15.8 Å². The maximum absolute atomic E-state index is 11.6. The van der Waals surface area contributed by atoms with Crippen molar-refractivity contribution in [2.75, 3.05) is 29.2 Å². The zero-order valence-electron chi connectivity index (χ0n) is 11.9. The summed E-state index contributed by atoms with van der Waals surface area (Å²) in [7, 11) is -5.17. The van der Waals surface area contributed by atoms with Crippen LogP contribution in [0.3, 0.4) is 0 Å². The molecular formula is C12H19N3O4S2. The fourth-order valence-corrected chi connectivity index (χ4v) is 5.24. The highest BCUT2D eigenvalue weighted by molar-refractivity contribution is 7.91. The number of sulfonamides is 1. The van der Waals surface area contributed by atoms with E-state index in [0.29, 0.717) is 17.7 Å². The topological polar surface area (TPSA) is 124 Å². The second-order valence-corrected chi connectivity index (χ2v) is 9.13. The zero-order valence-corrected chi connectivity index (χ0v) is 13.5. The molecule has 1 aliphatic heterocycles. The van der Waals surface area contributed by atoms with Gasteiger partial charge in [0.2, 0.25) is 10.0 Å². The largest absolute Gasteiger partial charge is 0.399 e. The minimum atomic E-state index is -3.88. The maximum Gasteiger partial charge on any atom is 0.238 e. The Morgan fingerprint density at radius 2 is 1.95 bits per heavy atom. The van der Waals surface area contributed by atoms with Gasteiger partial charge in [-0.15, -0.1) is 0 Å². The van der Waals surface area contributed by atoms with Crippen molar-refractivity contribution in [2.24, 2.45) is 5.14 Å². The van der Waals surface area contributed by atoms with Gasteiger partial charge in [0, 0.05) is 24.5 Å². The summed E-state index contributed by atoms with van der Waals surface area (Å²) < 4.78 is 46.4. The lowest BCUT2D eigenvalue weighted by Gasteiger charge is -2.28. The monoisotopic (exact) mass is 333 g/mol. The van der Waals surface area contributed by atoms with Gasteiger partial charge in [-0.2, -0.15) is 0 Å². The number of nitrogens with two attached hydrogens (primary N) is 2. The number of primary sulfonamides is 1. The lowest BCUT2D eigenvalue weighted by atomic mass is 10.1. The number of rotatable bonds is 3. The van der Waals surface area contributed by atoms with Gasteiger partial charge in [0.05, 0.1) is 16.4 Å². The molecule has 1 atom stereocenters. The first-order valence-corrected chi connectivity index (χ1v) is 9.74. The van der Waals surface area contributed by atoms with E-state index in [4.69, 9.17) is 10.9 Å². The second-order valence-electron chi connectivity index (χ2n) is 5.38. The van der Waals surface area contributed by atoms with E-state index in [1.165, 1.54) is 6.07 Å². The van der Waals surface area contributed by atoms with E-state index in [-0.39, 0.29) is 28.1 Å². The molecule has 1 saturated heterocycles. The summed E-state index contributed by atoms with van der Waals surface area (Å²) in [5, 5.41) is 5.19. The second kappa shape index (κ2) is 5.15. The molecule has 118 valence electrons. The number of hydrogen-bond acceptors (Lipinski definition) is 6. The Bertz CT molecular complexity index is 772. The molecule has 4 N–H and O–H groups in total. The first-order chi connectivity index (χ1) is 9.51. The molecular weight excluding hydrogens is 314 g/mol. The third kappa shape index (κ3) is 3.30. The van der Waals surface area contributed by atoms with Gasteiger partial charge in [0.1, 0.15) is 0 Å². The van der Waals surface area contributed by atoms with Gasteiger partial charge in [0.15, 0.2) is 9.84 Å². The molecule has 7 nitrogen and oxygen atoms in total. The van der Waals surface area contributed by atoms with E-state index in [2.05, 4.69) is 0 Å². The molecule has 21 heavy (non-hydrogen) atoms. The lowest BCUT2D eigenvalue weighted by molar-refractivity contribution is 0.595. The number of nitrogen functional groups attached to an aromatic ring is 1. The quantitative estimate of drug-likeness (QED) is 0.741. The first-order valence-electron chi connectivity index (χ1n) is 6.37. The summed E-state index contributed by atoms with van der Waals surface area (Å²) in [6.45, 7) is 1.63. The van der Waals surface area contributed by atoms with Crippen LogP contribution in [0.5, 0.6) is 0 Å². The van der Waals surface area contributed by atoms with Gasteiger partial charge in [0.25, 0.3) is 0 Å². The van der Waals surface area contributed by atoms with Crippen LogP contribution in [0.4, 0.5) is 11.4 Å². The molecule has 1 aromatic rings. The van der Waals surface area contributed by atoms with Crippen LogP contribution >= 0.6 is 0 Å². The van der Waals surface area contributed by atoms with E-state index >= 15 is 0 Å². The Labute approximate surface area is 124 Å². The smallest absolute Gasteiger partial charge is 0.238 e. The average Bonchev–Trinajstić information content (AvgIpc) is 2.70. The van der Waals surface area contributed by atoms with Crippen LogP contribution in [0.15, 0.2) is 17.0 Å². The summed E-state index contributed by atoms with van der Waals surface area (Å²) in [4.78, 5) is 1.73. The molecule has 1 heterocycles. The van der Waals surface area contributed by atoms with E-state index in [0.717, 1.165) is 0 Å². The molecule has 1 unspecified atom stereocenters. The van der Waals surface area contributed by atoms with Crippen molar-refractivity contribution < 1.29 is 16.8 Å². The summed E-state index contributed by atoms with van der Waals surface area (Å²) in [5.41, 5.74) is 7.08. The number of nitrogens with zero attached hydrogens (tertiary/aromatic N) is 1. The summed E-state index contributed by atoms with van der Waals surface area (Å²) >= 11 is 0. The molecule has 1 fully saturated rings. The van der Waals surface area contributed by atoms with Gasteiger partial charge in [-0.1, -0.05) is 0 Å². The Hall–Kier alpha value is -1.32. The SMILES string of the molecule is Cc1c(N(C)C2CCS(=O)(=O)C2)cc(N)cc1S(N)(=O)=O. The normalized spacial score (nSPS) is 21.4. The molecule has 1 aliphatic rings. The highest BCUT2D eigenvalue weighted by atomic mass is 32.2. The van der Waals surface area contributed by atoms with Gasteiger partial charge in [-0.3, -0.25) is 0 Å². The molecule has 0 aliphatic carbocycles. The molecule has 9 heteroatoms. The Morgan fingerprint density at radius 3 is 2.43 bits per heavy atom. The minimum absolute atomic E-state index is 0.0368. The maximum atomic E-state index is 11.6. The molecule has 0 amide bonds. The Kier molecular flexibility index (Phi) is 3.94. The predicted octanol–water partition coefficient (Wildman–Crippen LogP) is -0.152. The molecule has 0 saturated carbocycles. The minimum Gasteiger partial charge on any atom is -0.399 e. The van der Waals surface area contributed by atoms with Crippen LogP contribution in [-0.2, 0) is 19.9 Å². The molecule has 0 spiro atoms. The van der Waals surface area contributed by atoms with Crippen molar-refractivity contribution >= 4 is 31.2 Å². The van der Waals surface area contributed by atoms with Crippen molar-refractivity contribution in [3.8, 4) is 0 Å². The van der Waals surface area contributed by atoms with Gasteiger partial charge >= 0.3 is 0 Å². The third-order valence-corrected chi connectivity index (χ3v) is 6.59. The third-order valence-electron chi connectivity index (χ3n) is 3.80. The van der Waals surface area contributed by atoms with Crippen LogP contribution in [-0.4, -0.2) is 41.4 Å². The zero-order chi connectivity index (χ0) is 16.0. The van der Waals surface area contributed by atoms with Gasteiger partial charge < -0.3 is 10.6 Å². The van der Waals surface area contributed by atoms with Crippen LogP contribution in [0.25, 0.3) is 0 Å². The number of sulfone groups is 1. The fourth-order valence-electron chi connectivity index (χ4n) is 2.63. The molecule has 2 rings (SSSR count). The van der Waals surface area contributed by atoms with E-state index in [1.54, 1.807) is 24.9 Å². The Balaban J connectivity index is 2.47. The van der Waals surface area contributed by atoms with Crippen molar-refractivity contribution in [2.45, 2.75) is 24.3 Å². The van der Waals surface area contributed by atoms with Gasteiger partial charge in [-0.05, 0) is 31.0 Å². The standard InChI is InChI=1S/C12H19N3O4S2/c1-8-11(5-9(13)6-12(8)21(14,18)19)15(2)10-3-4-20(16,17)7-10/h5-6,10H,3-4,7,13H2,1-2H3,(H2,14,18,19). The molecule has 1 aromatic carbocycles. The molecule has 0 aromatic heterocycles.